The Morgan fingerprint density at radius 1 is 1.09 bits per heavy atom. The van der Waals surface area contributed by atoms with Gasteiger partial charge in [-0.15, -0.1) is 0 Å². The van der Waals surface area contributed by atoms with E-state index in [0.29, 0.717) is 6.04 Å². The molecule has 2 fully saturated rings. The molecule has 128 valence electrons. The zero-order chi connectivity index (χ0) is 16.2. The van der Waals surface area contributed by atoms with Crippen LogP contribution in [0.4, 0.5) is 0 Å². The van der Waals surface area contributed by atoms with Crippen molar-refractivity contribution in [3.63, 3.8) is 0 Å². The first-order valence-electron chi connectivity index (χ1n) is 8.31. The van der Waals surface area contributed by atoms with Crippen LogP contribution in [0.25, 0.3) is 0 Å². The summed E-state index contributed by atoms with van der Waals surface area (Å²) >= 11 is 0. The summed E-state index contributed by atoms with van der Waals surface area (Å²) in [4.78, 5) is 16.7. The number of carbonyl (C=O) groups excluding carboxylic acids is 1. The minimum atomic E-state index is -3.20. The predicted octanol–water partition coefficient (Wildman–Crippen LogP) is 0.745. The highest BCUT2D eigenvalue weighted by atomic mass is 32.2. The van der Waals surface area contributed by atoms with E-state index in [0.717, 1.165) is 32.6 Å². The zero-order valence-corrected chi connectivity index (χ0v) is 14.6. The van der Waals surface area contributed by atoms with Crippen LogP contribution in [0.15, 0.2) is 0 Å². The van der Waals surface area contributed by atoms with Gasteiger partial charge in [0.1, 0.15) is 0 Å². The van der Waals surface area contributed by atoms with Crippen LogP contribution in [-0.2, 0) is 14.8 Å². The molecule has 0 spiro atoms. The number of nitrogens with zero attached hydrogens (tertiary/aromatic N) is 3. The first kappa shape index (κ1) is 17.7. The number of carbonyl (C=O) groups is 1. The van der Waals surface area contributed by atoms with Gasteiger partial charge in [0.15, 0.2) is 0 Å². The lowest BCUT2D eigenvalue weighted by Crippen LogP contribution is -2.39. The van der Waals surface area contributed by atoms with Gasteiger partial charge in [0.25, 0.3) is 0 Å². The Morgan fingerprint density at radius 3 is 2.41 bits per heavy atom. The Kier molecular flexibility index (Phi) is 6.23. The van der Waals surface area contributed by atoms with E-state index in [1.807, 2.05) is 4.90 Å². The van der Waals surface area contributed by atoms with Crippen LogP contribution >= 0.6 is 0 Å². The average molecular weight is 331 g/mol. The highest BCUT2D eigenvalue weighted by Gasteiger charge is 2.26. The SMILES string of the molecule is CN(CCC(=O)N1CCCN(C2CCCC2)CC1)S(C)(=O)=O. The molecule has 0 atom stereocenters. The van der Waals surface area contributed by atoms with Crippen molar-refractivity contribution in [3.05, 3.63) is 0 Å². The second-order valence-corrected chi connectivity index (χ2v) is 8.63. The molecule has 2 rings (SSSR count). The molecule has 2 aliphatic rings. The number of amides is 1. The molecule has 0 radical (unpaired) electrons. The third-order valence-electron chi connectivity index (χ3n) is 4.93. The van der Waals surface area contributed by atoms with Gasteiger partial charge < -0.3 is 4.90 Å². The lowest BCUT2D eigenvalue weighted by Gasteiger charge is -2.27. The number of hydrogen-bond donors (Lipinski definition) is 0. The molecule has 0 N–H and O–H groups in total. The fourth-order valence-electron chi connectivity index (χ4n) is 3.40. The van der Waals surface area contributed by atoms with Crippen molar-refractivity contribution in [2.75, 3.05) is 46.0 Å². The zero-order valence-electron chi connectivity index (χ0n) is 13.8. The fraction of sp³-hybridized carbons (Fsp3) is 0.933. The fourth-order valence-corrected chi connectivity index (χ4v) is 3.82. The summed E-state index contributed by atoms with van der Waals surface area (Å²) in [5.74, 6) is 0.0729. The van der Waals surface area contributed by atoms with E-state index in [4.69, 9.17) is 0 Å². The molecule has 1 saturated carbocycles. The van der Waals surface area contributed by atoms with Crippen molar-refractivity contribution < 1.29 is 13.2 Å². The van der Waals surface area contributed by atoms with Crippen LogP contribution in [0.5, 0.6) is 0 Å². The second kappa shape index (κ2) is 7.75. The molecular weight excluding hydrogens is 302 g/mol. The topological polar surface area (TPSA) is 60.9 Å². The average Bonchev–Trinajstić information content (AvgIpc) is 2.88. The van der Waals surface area contributed by atoms with Crippen LogP contribution < -0.4 is 0 Å². The van der Waals surface area contributed by atoms with Crippen molar-refractivity contribution >= 4 is 15.9 Å². The van der Waals surface area contributed by atoms with E-state index in [-0.39, 0.29) is 18.9 Å². The molecule has 6 nitrogen and oxygen atoms in total. The van der Waals surface area contributed by atoms with Crippen LogP contribution in [0.1, 0.15) is 38.5 Å². The summed E-state index contributed by atoms with van der Waals surface area (Å²) in [5, 5.41) is 0. The maximum Gasteiger partial charge on any atom is 0.223 e. The molecule has 1 aliphatic heterocycles. The van der Waals surface area contributed by atoms with Gasteiger partial charge in [-0.3, -0.25) is 9.69 Å². The van der Waals surface area contributed by atoms with E-state index in [1.54, 1.807) is 0 Å². The molecule has 0 unspecified atom stereocenters. The van der Waals surface area contributed by atoms with Crippen LogP contribution in [0.2, 0.25) is 0 Å². The number of rotatable bonds is 5. The Bertz CT molecular complexity index is 474. The molecule has 1 heterocycles. The van der Waals surface area contributed by atoms with Gasteiger partial charge in [-0.05, 0) is 19.3 Å². The highest BCUT2D eigenvalue weighted by molar-refractivity contribution is 7.88. The molecule has 7 heteroatoms. The number of sulfonamides is 1. The van der Waals surface area contributed by atoms with E-state index >= 15 is 0 Å². The van der Waals surface area contributed by atoms with E-state index < -0.39 is 10.0 Å². The van der Waals surface area contributed by atoms with Crippen molar-refractivity contribution in [1.82, 2.24) is 14.1 Å². The largest absolute Gasteiger partial charge is 0.341 e. The van der Waals surface area contributed by atoms with Gasteiger partial charge in [0, 0.05) is 52.2 Å². The molecule has 0 aromatic heterocycles. The molecular formula is C15H29N3O3S. The molecule has 1 amide bonds. The maximum atomic E-state index is 12.3. The summed E-state index contributed by atoms with van der Waals surface area (Å²) in [6.07, 6.45) is 7.73. The van der Waals surface area contributed by atoms with Gasteiger partial charge in [0.05, 0.1) is 6.26 Å². The molecule has 0 aromatic carbocycles. The monoisotopic (exact) mass is 331 g/mol. The van der Waals surface area contributed by atoms with Gasteiger partial charge in [0.2, 0.25) is 15.9 Å². The summed E-state index contributed by atoms with van der Waals surface area (Å²) in [5.41, 5.74) is 0. The smallest absolute Gasteiger partial charge is 0.223 e. The molecule has 1 saturated heterocycles. The third-order valence-corrected chi connectivity index (χ3v) is 6.25. The lowest BCUT2D eigenvalue weighted by atomic mass is 10.2. The minimum absolute atomic E-state index is 0.0729. The van der Waals surface area contributed by atoms with Crippen molar-refractivity contribution in [2.24, 2.45) is 0 Å². The van der Waals surface area contributed by atoms with E-state index in [2.05, 4.69) is 4.90 Å². The predicted molar refractivity (Wildman–Crippen MR) is 87.1 cm³/mol. The van der Waals surface area contributed by atoms with Crippen molar-refractivity contribution in [2.45, 2.75) is 44.6 Å². The van der Waals surface area contributed by atoms with Gasteiger partial charge >= 0.3 is 0 Å². The minimum Gasteiger partial charge on any atom is -0.341 e. The molecule has 0 bridgehead atoms. The van der Waals surface area contributed by atoms with Crippen molar-refractivity contribution in [1.29, 1.82) is 0 Å². The summed E-state index contributed by atoms with van der Waals surface area (Å²) in [7, 11) is -1.68. The van der Waals surface area contributed by atoms with Gasteiger partial charge in [-0.1, -0.05) is 12.8 Å². The molecule has 22 heavy (non-hydrogen) atoms. The Labute approximate surface area is 134 Å². The first-order chi connectivity index (χ1) is 10.4. The third kappa shape index (κ3) is 4.93. The maximum absolute atomic E-state index is 12.3. The Morgan fingerprint density at radius 2 is 1.77 bits per heavy atom. The van der Waals surface area contributed by atoms with E-state index in [1.165, 1.54) is 43.3 Å². The normalized spacial score (nSPS) is 22.2. The summed E-state index contributed by atoms with van der Waals surface area (Å²) in [6, 6.07) is 0.714. The number of hydrogen-bond acceptors (Lipinski definition) is 4. The van der Waals surface area contributed by atoms with Crippen LogP contribution in [0, 0.1) is 0 Å². The highest BCUT2D eigenvalue weighted by Crippen LogP contribution is 2.24. The Hall–Kier alpha value is -0.660. The standard InChI is InChI=1S/C15H29N3O3S/c1-16(22(2,20)21)11-8-15(19)18-10-5-9-17(12-13-18)14-6-3-4-7-14/h14H,3-13H2,1-2H3. The van der Waals surface area contributed by atoms with Gasteiger partial charge in [-0.25, -0.2) is 12.7 Å². The second-order valence-electron chi connectivity index (χ2n) is 6.54. The Balaban J connectivity index is 1.79. The van der Waals surface area contributed by atoms with Crippen LogP contribution in [-0.4, -0.2) is 80.5 Å². The summed E-state index contributed by atoms with van der Waals surface area (Å²) < 4.78 is 24.0. The van der Waals surface area contributed by atoms with Gasteiger partial charge in [-0.2, -0.15) is 0 Å². The van der Waals surface area contributed by atoms with Crippen LogP contribution in [0.3, 0.4) is 0 Å². The lowest BCUT2D eigenvalue weighted by molar-refractivity contribution is -0.131. The quantitative estimate of drug-likeness (QED) is 0.746. The first-order valence-corrected chi connectivity index (χ1v) is 10.2. The summed E-state index contributed by atoms with van der Waals surface area (Å²) in [6.45, 7) is 3.87. The molecule has 0 aromatic rings. The van der Waals surface area contributed by atoms with Crippen molar-refractivity contribution in [3.8, 4) is 0 Å². The molecule has 1 aliphatic carbocycles. The van der Waals surface area contributed by atoms with E-state index in [9.17, 15) is 13.2 Å².